The third-order valence-electron chi connectivity index (χ3n) is 2.73. The van der Waals surface area contributed by atoms with E-state index in [1.807, 2.05) is 0 Å². The summed E-state index contributed by atoms with van der Waals surface area (Å²) in [6, 6.07) is 0. The monoisotopic (exact) mass is 174 g/mol. The molecule has 2 N–H and O–H groups in total. The Labute approximate surface area is 71.1 Å². The maximum atomic E-state index is 8.95. The molecule has 0 aliphatic carbocycles. The van der Waals surface area contributed by atoms with Crippen LogP contribution in [-0.4, -0.2) is 48.8 Å². The van der Waals surface area contributed by atoms with E-state index in [4.69, 9.17) is 19.7 Å². The molecule has 70 valence electrons. The van der Waals surface area contributed by atoms with Gasteiger partial charge in [0, 0.05) is 11.8 Å². The van der Waals surface area contributed by atoms with Crippen molar-refractivity contribution in [2.75, 3.05) is 26.4 Å². The Morgan fingerprint density at radius 1 is 0.917 bits per heavy atom. The number of ether oxygens (including phenoxy) is 2. The van der Waals surface area contributed by atoms with Gasteiger partial charge in [0.05, 0.1) is 38.6 Å². The summed E-state index contributed by atoms with van der Waals surface area (Å²) in [6.07, 6.45) is 0.0132. The number of hydrogen-bond acceptors (Lipinski definition) is 4. The zero-order valence-electron chi connectivity index (χ0n) is 6.85. The Bertz CT molecular complexity index is 143. The Balaban J connectivity index is 2.01. The highest BCUT2D eigenvalue weighted by Gasteiger charge is 2.46. The fourth-order valence-corrected chi connectivity index (χ4v) is 1.97. The molecule has 0 bridgehead atoms. The summed E-state index contributed by atoms with van der Waals surface area (Å²) < 4.78 is 10.9. The van der Waals surface area contributed by atoms with Crippen molar-refractivity contribution < 1.29 is 19.7 Å². The van der Waals surface area contributed by atoms with Gasteiger partial charge in [0.25, 0.3) is 0 Å². The fourth-order valence-electron chi connectivity index (χ4n) is 1.97. The molecule has 0 aromatic rings. The quantitative estimate of drug-likeness (QED) is 0.564. The number of aliphatic hydroxyl groups is 2. The third kappa shape index (κ3) is 1.15. The average Bonchev–Trinajstić information content (AvgIpc) is 2.62. The van der Waals surface area contributed by atoms with Crippen LogP contribution >= 0.6 is 0 Å². The highest BCUT2D eigenvalue weighted by Crippen LogP contribution is 2.33. The van der Waals surface area contributed by atoms with E-state index in [0.717, 1.165) is 0 Å². The summed E-state index contributed by atoms with van der Waals surface area (Å²) in [5.74, 6) is 0.207. The van der Waals surface area contributed by atoms with E-state index in [1.54, 1.807) is 0 Å². The molecule has 2 saturated heterocycles. The molecule has 2 aliphatic heterocycles. The molecule has 12 heavy (non-hydrogen) atoms. The molecule has 2 unspecified atom stereocenters. The van der Waals surface area contributed by atoms with Gasteiger partial charge in [-0.25, -0.2) is 0 Å². The Morgan fingerprint density at radius 2 is 1.33 bits per heavy atom. The van der Waals surface area contributed by atoms with Gasteiger partial charge < -0.3 is 19.7 Å². The minimum atomic E-state index is 0.00662. The average molecular weight is 174 g/mol. The van der Waals surface area contributed by atoms with Gasteiger partial charge in [-0.3, -0.25) is 0 Å². The van der Waals surface area contributed by atoms with Crippen LogP contribution in [0.3, 0.4) is 0 Å². The normalized spacial score (nSPS) is 46.5. The summed E-state index contributed by atoms with van der Waals surface area (Å²) in [4.78, 5) is 0. The maximum Gasteiger partial charge on any atom is 0.0913 e. The van der Waals surface area contributed by atoms with E-state index in [-0.39, 0.29) is 37.3 Å². The summed E-state index contributed by atoms with van der Waals surface area (Å²) in [7, 11) is 0. The second-order valence-corrected chi connectivity index (χ2v) is 3.48. The number of aliphatic hydroxyl groups excluding tert-OH is 2. The molecule has 2 rings (SSSR count). The van der Waals surface area contributed by atoms with Crippen molar-refractivity contribution >= 4 is 0 Å². The molecule has 0 aromatic heterocycles. The molecule has 2 aliphatic rings. The Hall–Kier alpha value is -0.160. The number of hydrogen-bond donors (Lipinski definition) is 2. The van der Waals surface area contributed by atoms with Crippen molar-refractivity contribution in [3.63, 3.8) is 0 Å². The largest absolute Gasteiger partial charge is 0.396 e. The van der Waals surface area contributed by atoms with Crippen LogP contribution in [0.2, 0.25) is 0 Å². The predicted octanol–water partition coefficient (Wildman–Crippen LogP) is -0.999. The van der Waals surface area contributed by atoms with Crippen molar-refractivity contribution in [1.29, 1.82) is 0 Å². The Morgan fingerprint density at radius 3 is 1.67 bits per heavy atom. The molecule has 4 nitrogen and oxygen atoms in total. The van der Waals surface area contributed by atoms with Crippen LogP contribution in [0.25, 0.3) is 0 Å². The van der Waals surface area contributed by atoms with Gasteiger partial charge in [0.2, 0.25) is 0 Å². The van der Waals surface area contributed by atoms with Crippen molar-refractivity contribution in [2.24, 2.45) is 11.8 Å². The van der Waals surface area contributed by atoms with E-state index >= 15 is 0 Å². The smallest absolute Gasteiger partial charge is 0.0913 e. The molecular formula is C8H14O4. The van der Waals surface area contributed by atoms with Crippen LogP contribution in [-0.2, 0) is 9.47 Å². The second kappa shape index (κ2) is 3.30. The lowest BCUT2D eigenvalue weighted by Crippen LogP contribution is -2.28. The molecule has 0 amide bonds. The van der Waals surface area contributed by atoms with E-state index in [0.29, 0.717) is 13.2 Å². The molecule has 0 saturated carbocycles. The lowest BCUT2D eigenvalue weighted by molar-refractivity contribution is 0.0489. The first kappa shape index (κ1) is 8.44. The van der Waals surface area contributed by atoms with Gasteiger partial charge in [0.1, 0.15) is 0 Å². The predicted molar refractivity (Wildman–Crippen MR) is 40.6 cm³/mol. The van der Waals surface area contributed by atoms with Crippen LogP contribution in [0.4, 0.5) is 0 Å². The lowest BCUT2D eigenvalue weighted by Gasteiger charge is -2.13. The first-order chi connectivity index (χ1) is 5.86. The summed E-state index contributed by atoms with van der Waals surface area (Å²) in [5, 5.41) is 17.9. The van der Waals surface area contributed by atoms with Gasteiger partial charge >= 0.3 is 0 Å². The summed E-state index contributed by atoms with van der Waals surface area (Å²) >= 11 is 0. The first-order valence-electron chi connectivity index (χ1n) is 4.31. The minimum Gasteiger partial charge on any atom is -0.396 e. The van der Waals surface area contributed by atoms with Crippen molar-refractivity contribution in [1.82, 2.24) is 0 Å². The van der Waals surface area contributed by atoms with Gasteiger partial charge in [-0.2, -0.15) is 0 Å². The third-order valence-corrected chi connectivity index (χ3v) is 2.73. The molecule has 0 spiro atoms. The molecule has 0 radical (unpaired) electrons. The minimum absolute atomic E-state index is 0.00662. The summed E-state index contributed by atoms with van der Waals surface area (Å²) in [6.45, 7) is 1.34. The van der Waals surface area contributed by atoms with Crippen LogP contribution in [0.1, 0.15) is 0 Å². The van der Waals surface area contributed by atoms with Crippen molar-refractivity contribution in [3.8, 4) is 0 Å². The molecular weight excluding hydrogens is 160 g/mol. The molecule has 4 heteroatoms. The fraction of sp³-hybridized carbons (Fsp3) is 1.00. The lowest BCUT2D eigenvalue weighted by atomic mass is 9.97. The Kier molecular flexibility index (Phi) is 2.32. The number of fused-ring (bicyclic) bond motifs is 1. The van der Waals surface area contributed by atoms with Crippen LogP contribution in [0, 0.1) is 11.8 Å². The van der Waals surface area contributed by atoms with Crippen LogP contribution < -0.4 is 0 Å². The van der Waals surface area contributed by atoms with Crippen molar-refractivity contribution in [3.05, 3.63) is 0 Å². The second-order valence-electron chi connectivity index (χ2n) is 3.48. The summed E-state index contributed by atoms with van der Waals surface area (Å²) in [5.41, 5.74) is 0. The SMILES string of the molecule is OC[C@H]1COC2C1OC[C@@H]2CO. The number of rotatable bonds is 2. The van der Waals surface area contributed by atoms with Gasteiger partial charge in [-0.15, -0.1) is 0 Å². The van der Waals surface area contributed by atoms with Crippen LogP contribution in [0.5, 0.6) is 0 Å². The highest BCUT2D eigenvalue weighted by atomic mass is 16.6. The molecule has 2 heterocycles. The van der Waals surface area contributed by atoms with Gasteiger partial charge in [-0.1, -0.05) is 0 Å². The van der Waals surface area contributed by atoms with Crippen molar-refractivity contribution in [2.45, 2.75) is 12.2 Å². The molecule has 4 atom stereocenters. The zero-order valence-corrected chi connectivity index (χ0v) is 6.85. The maximum absolute atomic E-state index is 8.95. The van der Waals surface area contributed by atoms with Gasteiger partial charge in [0.15, 0.2) is 0 Å². The van der Waals surface area contributed by atoms with Gasteiger partial charge in [-0.05, 0) is 0 Å². The van der Waals surface area contributed by atoms with E-state index in [2.05, 4.69) is 0 Å². The molecule has 0 aromatic carbocycles. The first-order valence-corrected chi connectivity index (χ1v) is 4.31. The topological polar surface area (TPSA) is 58.9 Å². The van der Waals surface area contributed by atoms with E-state index in [1.165, 1.54) is 0 Å². The molecule has 2 fully saturated rings. The standard InChI is InChI=1S/C8H14O4/c9-1-5-3-11-8-6(2-10)4-12-7(5)8/h5-10H,1-4H2/t5-,6-,7?,8?/m0/s1. The zero-order chi connectivity index (χ0) is 8.55. The van der Waals surface area contributed by atoms with E-state index in [9.17, 15) is 0 Å². The van der Waals surface area contributed by atoms with E-state index < -0.39 is 0 Å². The van der Waals surface area contributed by atoms with Crippen LogP contribution in [0.15, 0.2) is 0 Å². The highest BCUT2D eigenvalue weighted by molar-refractivity contribution is 4.93.